The predicted molar refractivity (Wildman–Crippen MR) is 90.5 cm³/mol. The monoisotopic (exact) mass is 307 g/mol. The molecule has 1 aromatic heterocycles. The average molecular weight is 307 g/mol. The highest BCUT2D eigenvalue weighted by Gasteiger charge is 2.13. The third-order valence-corrected chi connectivity index (χ3v) is 4.10. The minimum atomic E-state index is 0.280. The molecule has 0 aliphatic carbocycles. The SMILES string of the molecule is Cc1cc(O)ccc1CC(C)c1cn(Cc2ccccc2)nn1. The third-order valence-electron chi connectivity index (χ3n) is 4.10. The van der Waals surface area contributed by atoms with Crippen molar-refractivity contribution in [3.05, 3.63) is 77.1 Å². The zero-order chi connectivity index (χ0) is 16.2. The standard InChI is InChI=1S/C19H21N3O/c1-14-11-18(23)9-8-17(14)10-15(2)19-13-22(21-20-19)12-16-6-4-3-5-7-16/h3-9,11,13,15,23H,10,12H2,1-2H3. The van der Waals surface area contributed by atoms with Crippen LogP contribution < -0.4 is 0 Å². The maximum absolute atomic E-state index is 9.51. The maximum atomic E-state index is 9.51. The lowest BCUT2D eigenvalue weighted by Gasteiger charge is -2.11. The normalized spacial score (nSPS) is 12.3. The van der Waals surface area contributed by atoms with Gasteiger partial charge in [0.05, 0.1) is 12.2 Å². The van der Waals surface area contributed by atoms with Gasteiger partial charge in [-0.25, -0.2) is 4.68 Å². The summed E-state index contributed by atoms with van der Waals surface area (Å²) in [5, 5.41) is 18.1. The van der Waals surface area contributed by atoms with Gasteiger partial charge < -0.3 is 5.11 Å². The first kappa shape index (κ1) is 15.3. The van der Waals surface area contributed by atoms with Crippen LogP contribution in [0.5, 0.6) is 5.75 Å². The van der Waals surface area contributed by atoms with Crippen LogP contribution >= 0.6 is 0 Å². The Balaban J connectivity index is 1.69. The lowest BCUT2D eigenvalue weighted by atomic mass is 9.95. The van der Waals surface area contributed by atoms with E-state index in [4.69, 9.17) is 0 Å². The molecule has 1 heterocycles. The van der Waals surface area contributed by atoms with Crippen molar-refractivity contribution in [2.75, 3.05) is 0 Å². The molecule has 0 radical (unpaired) electrons. The van der Waals surface area contributed by atoms with Crippen LogP contribution in [0.1, 0.15) is 35.2 Å². The molecule has 3 aromatic rings. The number of aryl methyl sites for hydroxylation is 1. The molecule has 3 rings (SSSR count). The molecular weight excluding hydrogens is 286 g/mol. The first-order valence-electron chi connectivity index (χ1n) is 7.84. The van der Waals surface area contributed by atoms with Crippen molar-refractivity contribution in [1.82, 2.24) is 15.0 Å². The van der Waals surface area contributed by atoms with E-state index in [0.717, 1.165) is 24.2 Å². The van der Waals surface area contributed by atoms with Crippen molar-refractivity contribution < 1.29 is 5.11 Å². The molecule has 23 heavy (non-hydrogen) atoms. The van der Waals surface area contributed by atoms with Gasteiger partial charge in [-0.1, -0.05) is 48.5 Å². The number of benzene rings is 2. The summed E-state index contributed by atoms with van der Waals surface area (Å²) in [6.45, 7) is 4.91. The van der Waals surface area contributed by atoms with Crippen LogP contribution in [0.2, 0.25) is 0 Å². The molecule has 0 saturated heterocycles. The summed E-state index contributed by atoms with van der Waals surface area (Å²) in [6, 6.07) is 15.8. The largest absolute Gasteiger partial charge is 0.508 e. The number of rotatable bonds is 5. The number of phenolic OH excluding ortho intramolecular Hbond substituents is 1. The molecular formula is C19H21N3O. The summed E-state index contributed by atoms with van der Waals surface area (Å²) >= 11 is 0. The Labute approximate surface area is 136 Å². The van der Waals surface area contributed by atoms with Crippen LogP contribution in [0.15, 0.2) is 54.7 Å². The summed E-state index contributed by atoms with van der Waals surface area (Å²) in [5.74, 6) is 0.593. The van der Waals surface area contributed by atoms with Crippen molar-refractivity contribution in [1.29, 1.82) is 0 Å². The van der Waals surface area contributed by atoms with Crippen molar-refractivity contribution in [3.63, 3.8) is 0 Å². The fourth-order valence-corrected chi connectivity index (χ4v) is 2.73. The zero-order valence-corrected chi connectivity index (χ0v) is 13.5. The highest BCUT2D eigenvalue weighted by molar-refractivity contribution is 5.34. The van der Waals surface area contributed by atoms with Gasteiger partial charge in [-0.2, -0.15) is 0 Å². The second-order valence-electron chi connectivity index (χ2n) is 6.04. The minimum Gasteiger partial charge on any atom is -0.508 e. The van der Waals surface area contributed by atoms with E-state index in [9.17, 15) is 5.11 Å². The van der Waals surface area contributed by atoms with E-state index in [1.165, 1.54) is 11.1 Å². The molecule has 4 heteroatoms. The Bertz CT molecular complexity index is 780. The van der Waals surface area contributed by atoms with E-state index < -0.39 is 0 Å². The smallest absolute Gasteiger partial charge is 0.115 e. The quantitative estimate of drug-likeness (QED) is 0.782. The highest BCUT2D eigenvalue weighted by atomic mass is 16.3. The van der Waals surface area contributed by atoms with Gasteiger partial charge in [0, 0.05) is 12.1 Å². The van der Waals surface area contributed by atoms with Crippen molar-refractivity contribution in [2.45, 2.75) is 32.7 Å². The molecule has 1 unspecified atom stereocenters. The molecule has 0 saturated carbocycles. The fraction of sp³-hybridized carbons (Fsp3) is 0.263. The molecule has 0 aliphatic rings. The Hall–Kier alpha value is -2.62. The second-order valence-corrected chi connectivity index (χ2v) is 6.04. The van der Waals surface area contributed by atoms with Gasteiger partial charge in [-0.15, -0.1) is 5.10 Å². The molecule has 4 nitrogen and oxygen atoms in total. The van der Waals surface area contributed by atoms with Crippen LogP contribution in [0.25, 0.3) is 0 Å². The number of aromatic hydroxyl groups is 1. The third kappa shape index (κ3) is 3.77. The highest BCUT2D eigenvalue weighted by Crippen LogP contribution is 2.23. The predicted octanol–water partition coefficient (Wildman–Crippen LogP) is 3.69. The van der Waals surface area contributed by atoms with E-state index >= 15 is 0 Å². The Morgan fingerprint density at radius 3 is 2.65 bits per heavy atom. The van der Waals surface area contributed by atoms with Crippen LogP contribution in [-0.2, 0) is 13.0 Å². The second kappa shape index (κ2) is 6.65. The first-order valence-corrected chi connectivity index (χ1v) is 7.84. The summed E-state index contributed by atoms with van der Waals surface area (Å²) in [6.07, 6.45) is 2.91. The molecule has 0 fully saturated rings. The van der Waals surface area contributed by atoms with Gasteiger partial charge in [0.2, 0.25) is 0 Å². The maximum Gasteiger partial charge on any atom is 0.115 e. The van der Waals surface area contributed by atoms with Crippen molar-refractivity contribution in [2.24, 2.45) is 0 Å². The lowest BCUT2D eigenvalue weighted by Crippen LogP contribution is -2.01. The molecule has 2 aromatic carbocycles. The van der Waals surface area contributed by atoms with Crippen LogP contribution in [0.3, 0.4) is 0 Å². The van der Waals surface area contributed by atoms with Crippen LogP contribution in [0, 0.1) is 6.92 Å². The first-order chi connectivity index (χ1) is 11.1. The average Bonchev–Trinajstić information content (AvgIpc) is 3.00. The molecule has 1 atom stereocenters. The van der Waals surface area contributed by atoms with E-state index in [0.29, 0.717) is 5.75 Å². The fourth-order valence-electron chi connectivity index (χ4n) is 2.73. The molecule has 1 N–H and O–H groups in total. The van der Waals surface area contributed by atoms with Crippen LogP contribution in [-0.4, -0.2) is 20.1 Å². The number of nitrogens with zero attached hydrogens (tertiary/aromatic N) is 3. The molecule has 118 valence electrons. The number of hydrogen-bond acceptors (Lipinski definition) is 3. The summed E-state index contributed by atoms with van der Waals surface area (Å²) in [7, 11) is 0. The summed E-state index contributed by atoms with van der Waals surface area (Å²) < 4.78 is 1.88. The van der Waals surface area contributed by atoms with Gasteiger partial charge in [0.25, 0.3) is 0 Å². The van der Waals surface area contributed by atoms with Gasteiger partial charge in [0.1, 0.15) is 5.75 Å². The Morgan fingerprint density at radius 2 is 1.91 bits per heavy atom. The molecule has 0 aliphatic heterocycles. The van der Waals surface area contributed by atoms with Gasteiger partial charge >= 0.3 is 0 Å². The number of phenols is 1. The van der Waals surface area contributed by atoms with Crippen molar-refractivity contribution >= 4 is 0 Å². The van der Waals surface area contributed by atoms with E-state index in [-0.39, 0.29) is 5.92 Å². The van der Waals surface area contributed by atoms with E-state index in [2.05, 4.69) is 29.4 Å². The van der Waals surface area contributed by atoms with Crippen LogP contribution in [0.4, 0.5) is 0 Å². The Morgan fingerprint density at radius 1 is 1.13 bits per heavy atom. The molecule has 0 amide bonds. The van der Waals surface area contributed by atoms with E-state index in [1.54, 1.807) is 12.1 Å². The number of aromatic nitrogens is 3. The zero-order valence-electron chi connectivity index (χ0n) is 13.5. The Kier molecular flexibility index (Phi) is 4.42. The van der Waals surface area contributed by atoms with E-state index in [1.807, 2.05) is 42.1 Å². The minimum absolute atomic E-state index is 0.280. The van der Waals surface area contributed by atoms with Crippen molar-refractivity contribution in [3.8, 4) is 5.75 Å². The molecule has 0 bridgehead atoms. The van der Waals surface area contributed by atoms with Gasteiger partial charge in [-0.05, 0) is 42.2 Å². The summed E-state index contributed by atoms with van der Waals surface area (Å²) in [5.41, 5.74) is 4.54. The van der Waals surface area contributed by atoms with Gasteiger partial charge in [-0.3, -0.25) is 0 Å². The molecule has 0 spiro atoms. The van der Waals surface area contributed by atoms with Gasteiger partial charge in [0.15, 0.2) is 0 Å². The lowest BCUT2D eigenvalue weighted by molar-refractivity contribution is 0.474. The summed E-state index contributed by atoms with van der Waals surface area (Å²) in [4.78, 5) is 0. The topological polar surface area (TPSA) is 50.9 Å². The number of hydrogen-bond donors (Lipinski definition) is 1.